The first-order chi connectivity index (χ1) is 11.1. The molecular formula is C18H15BrN2O2. The smallest absolute Gasteiger partial charge is 0.319 e. The van der Waals surface area contributed by atoms with E-state index in [4.69, 9.17) is 0 Å². The fraction of sp³-hybridized carbons (Fsp3) is 0.111. The second-order valence-corrected chi connectivity index (χ2v) is 6.24. The van der Waals surface area contributed by atoms with Crippen molar-refractivity contribution in [3.8, 4) is 0 Å². The van der Waals surface area contributed by atoms with Crippen LogP contribution in [-0.4, -0.2) is 11.8 Å². The normalized spacial score (nSPS) is 17.5. The van der Waals surface area contributed by atoms with Crippen molar-refractivity contribution in [2.75, 3.05) is 0 Å². The van der Waals surface area contributed by atoms with Crippen LogP contribution in [0, 0.1) is 0 Å². The lowest BCUT2D eigenvalue weighted by molar-refractivity contribution is 0.102. The summed E-state index contributed by atoms with van der Waals surface area (Å²) in [4.78, 5) is 24.8. The van der Waals surface area contributed by atoms with Crippen LogP contribution >= 0.6 is 15.9 Å². The number of carbonyl (C=O) groups excluding carboxylic acids is 2. The Morgan fingerprint density at radius 2 is 1.83 bits per heavy atom. The van der Waals surface area contributed by atoms with E-state index in [-0.39, 0.29) is 11.8 Å². The first kappa shape index (κ1) is 15.5. The molecule has 0 aromatic heterocycles. The van der Waals surface area contributed by atoms with Gasteiger partial charge >= 0.3 is 6.03 Å². The van der Waals surface area contributed by atoms with Crippen molar-refractivity contribution in [2.45, 2.75) is 13.0 Å². The highest BCUT2D eigenvalue weighted by Crippen LogP contribution is 2.30. The number of Topliss-reactive ketones (excluding diaryl/α,β-unsaturated/α-hetero) is 1. The number of benzene rings is 2. The van der Waals surface area contributed by atoms with Crippen LogP contribution in [0.15, 0.2) is 70.3 Å². The van der Waals surface area contributed by atoms with E-state index in [1.54, 1.807) is 19.1 Å². The topological polar surface area (TPSA) is 58.2 Å². The first-order valence-corrected chi connectivity index (χ1v) is 7.99. The molecule has 2 amide bonds. The van der Waals surface area contributed by atoms with Crippen molar-refractivity contribution in [3.05, 3.63) is 81.5 Å². The molecule has 23 heavy (non-hydrogen) atoms. The number of urea groups is 1. The van der Waals surface area contributed by atoms with Crippen molar-refractivity contribution in [3.63, 3.8) is 0 Å². The summed E-state index contributed by atoms with van der Waals surface area (Å²) in [6.45, 7) is 1.75. The molecule has 0 fully saturated rings. The van der Waals surface area contributed by atoms with Crippen molar-refractivity contribution in [2.24, 2.45) is 0 Å². The van der Waals surface area contributed by atoms with E-state index >= 15 is 0 Å². The van der Waals surface area contributed by atoms with Crippen LogP contribution in [0.5, 0.6) is 0 Å². The lowest BCUT2D eigenvalue weighted by Crippen LogP contribution is -2.45. The van der Waals surface area contributed by atoms with Crippen molar-refractivity contribution >= 4 is 27.7 Å². The molecule has 5 heteroatoms. The maximum absolute atomic E-state index is 12.9. The van der Waals surface area contributed by atoms with Crippen molar-refractivity contribution in [1.82, 2.24) is 10.6 Å². The Balaban J connectivity index is 2.08. The van der Waals surface area contributed by atoms with Gasteiger partial charge in [-0.25, -0.2) is 4.79 Å². The average molecular weight is 371 g/mol. The van der Waals surface area contributed by atoms with Crippen LogP contribution in [0.1, 0.15) is 28.9 Å². The average Bonchev–Trinajstić information content (AvgIpc) is 2.54. The summed E-state index contributed by atoms with van der Waals surface area (Å²) in [6, 6.07) is 15.9. The molecule has 1 aliphatic heterocycles. The number of rotatable bonds is 3. The SMILES string of the molecule is CC1=C(C(=O)c2ccccc2)[C@@H](c2cccc(Br)c2)NC(=O)N1. The van der Waals surface area contributed by atoms with E-state index in [0.717, 1.165) is 10.0 Å². The zero-order valence-electron chi connectivity index (χ0n) is 12.5. The molecule has 0 spiro atoms. The summed E-state index contributed by atoms with van der Waals surface area (Å²) in [6.07, 6.45) is 0. The van der Waals surface area contributed by atoms with E-state index in [9.17, 15) is 9.59 Å². The third-order valence-electron chi connectivity index (χ3n) is 3.73. The van der Waals surface area contributed by atoms with Crippen LogP contribution in [0.25, 0.3) is 0 Å². The van der Waals surface area contributed by atoms with Gasteiger partial charge in [-0.1, -0.05) is 58.4 Å². The predicted molar refractivity (Wildman–Crippen MR) is 92.0 cm³/mol. The van der Waals surface area contributed by atoms with Crippen molar-refractivity contribution < 1.29 is 9.59 Å². The zero-order valence-corrected chi connectivity index (χ0v) is 14.1. The molecule has 0 radical (unpaired) electrons. The highest BCUT2D eigenvalue weighted by Gasteiger charge is 2.31. The maximum atomic E-state index is 12.9. The van der Waals surface area contributed by atoms with Gasteiger partial charge in [0.25, 0.3) is 0 Å². The van der Waals surface area contributed by atoms with Gasteiger partial charge in [0.05, 0.1) is 6.04 Å². The third kappa shape index (κ3) is 3.19. The molecule has 2 aromatic carbocycles. The van der Waals surface area contributed by atoms with Gasteiger partial charge in [-0.15, -0.1) is 0 Å². The molecule has 116 valence electrons. The Bertz CT molecular complexity index is 800. The summed E-state index contributed by atoms with van der Waals surface area (Å²) < 4.78 is 0.895. The Morgan fingerprint density at radius 3 is 2.52 bits per heavy atom. The number of carbonyl (C=O) groups is 2. The molecule has 1 aliphatic rings. The fourth-order valence-electron chi connectivity index (χ4n) is 2.68. The fourth-order valence-corrected chi connectivity index (χ4v) is 3.09. The second kappa shape index (κ2) is 6.38. The monoisotopic (exact) mass is 370 g/mol. The van der Waals surface area contributed by atoms with Gasteiger partial charge in [-0.3, -0.25) is 4.79 Å². The minimum Gasteiger partial charge on any atom is -0.327 e. The van der Waals surface area contributed by atoms with E-state index in [0.29, 0.717) is 16.8 Å². The summed E-state index contributed by atoms with van der Waals surface area (Å²) in [7, 11) is 0. The number of halogens is 1. The third-order valence-corrected chi connectivity index (χ3v) is 4.23. The lowest BCUT2D eigenvalue weighted by Gasteiger charge is -2.28. The highest BCUT2D eigenvalue weighted by molar-refractivity contribution is 9.10. The van der Waals surface area contributed by atoms with E-state index in [1.165, 1.54) is 0 Å². The summed E-state index contributed by atoms with van der Waals surface area (Å²) >= 11 is 3.43. The van der Waals surface area contributed by atoms with Crippen LogP contribution in [0.3, 0.4) is 0 Å². The van der Waals surface area contributed by atoms with Gasteiger partial charge in [-0.05, 0) is 24.6 Å². The Labute approximate surface area is 142 Å². The summed E-state index contributed by atoms with van der Waals surface area (Å²) in [5.41, 5.74) is 2.58. The van der Waals surface area contributed by atoms with E-state index in [1.807, 2.05) is 42.5 Å². The highest BCUT2D eigenvalue weighted by atomic mass is 79.9. The Hall–Kier alpha value is -2.40. The van der Waals surface area contributed by atoms with Crippen LogP contribution < -0.4 is 10.6 Å². The standard InChI is InChI=1S/C18H15BrN2O2/c1-11-15(17(22)12-6-3-2-4-7-12)16(21-18(23)20-11)13-8-5-9-14(19)10-13/h2-10,16H,1H3,(H2,20,21,23)/t16-/m1/s1. The molecule has 3 rings (SSSR count). The molecule has 0 saturated carbocycles. The molecule has 0 unspecified atom stereocenters. The van der Waals surface area contributed by atoms with Crippen molar-refractivity contribution in [1.29, 1.82) is 0 Å². The molecule has 4 nitrogen and oxygen atoms in total. The first-order valence-electron chi connectivity index (χ1n) is 7.20. The van der Waals surface area contributed by atoms with Gasteiger partial charge in [0, 0.05) is 21.3 Å². The molecule has 0 saturated heterocycles. The largest absolute Gasteiger partial charge is 0.327 e. The van der Waals surface area contributed by atoms with Gasteiger partial charge in [0.2, 0.25) is 0 Å². The lowest BCUT2D eigenvalue weighted by atomic mass is 9.90. The molecule has 0 bridgehead atoms. The van der Waals surface area contributed by atoms with Gasteiger partial charge in [0.15, 0.2) is 5.78 Å². The van der Waals surface area contributed by atoms with Crippen LogP contribution in [0.4, 0.5) is 4.79 Å². The van der Waals surface area contributed by atoms with E-state index < -0.39 is 6.04 Å². The summed E-state index contributed by atoms with van der Waals surface area (Å²) in [5, 5.41) is 5.53. The molecule has 1 heterocycles. The Kier molecular flexibility index (Phi) is 4.30. The second-order valence-electron chi connectivity index (χ2n) is 5.32. The minimum atomic E-state index is -0.478. The molecule has 1 atom stereocenters. The molecule has 2 N–H and O–H groups in total. The van der Waals surface area contributed by atoms with Gasteiger partial charge < -0.3 is 10.6 Å². The molecular weight excluding hydrogens is 356 g/mol. The number of amides is 2. The number of hydrogen-bond donors (Lipinski definition) is 2. The van der Waals surface area contributed by atoms with Crippen LogP contribution in [-0.2, 0) is 0 Å². The quantitative estimate of drug-likeness (QED) is 0.803. The van der Waals surface area contributed by atoms with Crippen LogP contribution in [0.2, 0.25) is 0 Å². The zero-order chi connectivity index (χ0) is 16.4. The van der Waals surface area contributed by atoms with E-state index in [2.05, 4.69) is 26.6 Å². The Morgan fingerprint density at radius 1 is 1.09 bits per heavy atom. The summed E-state index contributed by atoms with van der Waals surface area (Å²) in [5.74, 6) is -0.0967. The maximum Gasteiger partial charge on any atom is 0.319 e. The number of ketones is 1. The number of hydrogen-bond acceptors (Lipinski definition) is 2. The molecule has 2 aromatic rings. The number of allylic oxidation sites excluding steroid dienone is 1. The van der Waals surface area contributed by atoms with Gasteiger partial charge in [0.1, 0.15) is 0 Å². The molecule has 0 aliphatic carbocycles. The number of nitrogens with one attached hydrogen (secondary N) is 2. The predicted octanol–water partition coefficient (Wildman–Crippen LogP) is 3.96. The van der Waals surface area contributed by atoms with Gasteiger partial charge in [-0.2, -0.15) is 0 Å². The minimum absolute atomic E-state index is 0.0967.